The molecule has 1 aromatic rings. The highest BCUT2D eigenvalue weighted by atomic mass is 32.1. The molecule has 0 aromatic carbocycles. The van der Waals surface area contributed by atoms with Crippen LogP contribution in [0.4, 0.5) is 4.79 Å². The molecule has 2 amide bonds. The summed E-state index contributed by atoms with van der Waals surface area (Å²) in [4.78, 5) is 29.8. The van der Waals surface area contributed by atoms with Gasteiger partial charge in [0.1, 0.15) is 0 Å². The van der Waals surface area contributed by atoms with Crippen LogP contribution in [0.2, 0.25) is 0 Å². The molecule has 21 heavy (non-hydrogen) atoms. The van der Waals surface area contributed by atoms with Gasteiger partial charge in [-0.3, -0.25) is 4.79 Å². The normalized spacial score (nSPS) is 18.5. The number of nitrogens with zero attached hydrogens (tertiary/aromatic N) is 2. The number of likely N-dealkylation sites (tertiary alicyclic amines) is 1. The van der Waals surface area contributed by atoms with E-state index in [1.165, 1.54) is 0 Å². The van der Waals surface area contributed by atoms with Crippen molar-refractivity contribution >= 4 is 23.3 Å². The quantitative estimate of drug-likeness (QED) is 0.873. The van der Waals surface area contributed by atoms with Gasteiger partial charge in [-0.15, -0.1) is 11.3 Å². The minimum absolute atomic E-state index is 0.0684. The summed E-state index contributed by atoms with van der Waals surface area (Å²) in [5.74, 6) is -0.469. The zero-order chi connectivity index (χ0) is 15.2. The number of hydrogen-bond donors (Lipinski definition) is 2. The zero-order valence-electron chi connectivity index (χ0n) is 12.2. The molecular weight excluding hydrogens is 290 g/mol. The average molecular weight is 311 g/mol. The maximum atomic E-state index is 12.1. The summed E-state index contributed by atoms with van der Waals surface area (Å²) in [5.41, 5.74) is 0. The molecule has 7 heteroatoms. The van der Waals surface area contributed by atoms with E-state index in [1.54, 1.807) is 22.4 Å². The second kappa shape index (κ2) is 7.40. The summed E-state index contributed by atoms with van der Waals surface area (Å²) >= 11 is 1.58. The Balaban J connectivity index is 1.77. The molecule has 0 spiro atoms. The Labute approximate surface area is 128 Å². The molecule has 0 saturated carbocycles. The Kier molecular flexibility index (Phi) is 5.55. The Morgan fingerprint density at radius 3 is 3.05 bits per heavy atom. The number of thiazole rings is 1. The Hall–Kier alpha value is -1.63. The van der Waals surface area contributed by atoms with Gasteiger partial charge >= 0.3 is 12.0 Å². The van der Waals surface area contributed by atoms with Crippen molar-refractivity contribution in [2.45, 2.75) is 39.2 Å². The van der Waals surface area contributed by atoms with Crippen molar-refractivity contribution < 1.29 is 14.7 Å². The Bertz CT molecular complexity index is 503. The minimum Gasteiger partial charge on any atom is -0.481 e. The third-order valence-electron chi connectivity index (χ3n) is 3.66. The number of nitrogens with one attached hydrogen (secondary N) is 1. The number of carboxylic acids is 1. The first-order valence-corrected chi connectivity index (χ1v) is 8.02. The highest BCUT2D eigenvalue weighted by Gasteiger charge is 2.23. The van der Waals surface area contributed by atoms with Gasteiger partial charge in [-0.1, -0.05) is 0 Å². The Morgan fingerprint density at radius 1 is 1.57 bits per heavy atom. The van der Waals surface area contributed by atoms with Gasteiger partial charge in [0.2, 0.25) is 0 Å². The van der Waals surface area contributed by atoms with Crippen LogP contribution >= 0.6 is 11.3 Å². The van der Waals surface area contributed by atoms with E-state index in [2.05, 4.69) is 10.3 Å². The molecule has 1 saturated heterocycles. The average Bonchev–Trinajstić information content (AvgIpc) is 2.88. The van der Waals surface area contributed by atoms with Gasteiger partial charge in [-0.2, -0.15) is 0 Å². The number of aryl methyl sites for hydroxylation is 1. The van der Waals surface area contributed by atoms with E-state index >= 15 is 0 Å². The number of carbonyl (C=O) groups is 2. The van der Waals surface area contributed by atoms with Crippen molar-refractivity contribution in [3.05, 3.63) is 16.1 Å². The first kappa shape index (κ1) is 15.8. The van der Waals surface area contributed by atoms with Gasteiger partial charge in [0, 0.05) is 30.6 Å². The van der Waals surface area contributed by atoms with Crippen LogP contribution in [0.5, 0.6) is 0 Å². The lowest BCUT2D eigenvalue weighted by Crippen LogP contribution is -2.45. The summed E-state index contributed by atoms with van der Waals surface area (Å²) in [5, 5.41) is 12.6. The number of aromatic nitrogens is 1. The summed E-state index contributed by atoms with van der Waals surface area (Å²) in [6.45, 7) is 3.84. The summed E-state index contributed by atoms with van der Waals surface area (Å²) in [6, 6.07) is -0.0684. The number of aliphatic carboxylic acids is 1. The largest absolute Gasteiger partial charge is 0.481 e. The van der Waals surface area contributed by atoms with Crippen LogP contribution in [0, 0.1) is 12.8 Å². The molecule has 2 N–H and O–H groups in total. The molecule has 1 aliphatic heterocycles. The SMILES string of the molecule is Cc1ncc(CNC(=O)N2CCCC(CCC(=O)O)C2)s1. The predicted octanol–water partition coefficient (Wildman–Crippen LogP) is 2.24. The third kappa shape index (κ3) is 5.00. The molecule has 2 heterocycles. The number of rotatable bonds is 5. The molecule has 1 aromatic heterocycles. The number of hydrogen-bond acceptors (Lipinski definition) is 4. The fraction of sp³-hybridized carbons (Fsp3) is 0.643. The van der Waals surface area contributed by atoms with Crippen LogP contribution in [0.3, 0.4) is 0 Å². The van der Waals surface area contributed by atoms with Gasteiger partial charge in [0.15, 0.2) is 0 Å². The topological polar surface area (TPSA) is 82.5 Å². The predicted molar refractivity (Wildman–Crippen MR) is 80.3 cm³/mol. The summed E-state index contributed by atoms with van der Waals surface area (Å²) < 4.78 is 0. The number of piperidine rings is 1. The van der Waals surface area contributed by atoms with Crippen LogP contribution < -0.4 is 5.32 Å². The van der Waals surface area contributed by atoms with E-state index in [0.29, 0.717) is 25.4 Å². The van der Waals surface area contributed by atoms with Crippen molar-refractivity contribution in [3.63, 3.8) is 0 Å². The monoisotopic (exact) mass is 311 g/mol. The van der Waals surface area contributed by atoms with E-state index in [-0.39, 0.29) is 12.5 Å². The van der Waals surface area contributed by atoms with Crippen LogP contribution in [-0.2, 0) is 11.3 Å². The number of amides is 2. The number of carboxylic acid groups (broad SMARTS) is 1. The van der Waals surface area contributed by atoms with E-state index in [1.807, 2.05) is 6.92 Å². The maximum Gasteiger partial charge on any atom is 0.317 e. The van der Waals surface area contributed by atoms with Crippen molar-refractivity contribution in [3.8, 4) is 0 Å². The zero-order valence-corrected chi connectivity index (χ0v) is 13.0. The molecule has 0 bridgehead atoms. The molecule has 2 rings (SSSR count). The molecule has 1 aliphatic rings. The number of urea groups is 1. The minimum atomic E-state index is -0.767. The van der Waals surface area contributed by atoms with Gasteiger partial charge in [-0.05, 0) is 32.1 Å². The van der Waals surface area contributed by atoms with Crippen LogP contribution in [0.25, 0.3) is 0 Å². The molecule has 0 aliphatic carbocycles. The van der Waals surface area contributed by atoms with Crippen molar-refractivity contribution in [1.29, 1.82) is 0 Å². The summed E-state index contributed by atoms with van der Waals surface area (Å²) in [6.07, 6.45) is 4.56. The van der Waals surface area contributed by atoms with Gasteiger partial charge in [0.25, 0.3) is 0 Å². The van der Waals surface area contributed by atoms with E-state index in [9.17, 15) is 9.59 Å². The highest BCUT2D eigenvalue weighted by Crippen LogP contribution is 2.21. The van der Waals surface area contributed by atoms with Gasteiger partial charge < -0.3 is 15.3 Å². The molecule has 0 radical (unpaired) electrons. The smallest absolute Gasteiger partial charge is 0.317 e. The molecule has 1 unspecified atom stereocenters. The molecule has 6 nitrogen and oxygen atoms in total. The van der Waals surface area contributed by atoms with Crippen molar-refractivity contribution in [1.82, 2.24) is 15.2 Å². The second-order valence-corrected chi connectivity index (χ2v) is 6.71. The van der Waals surface area contributed by atoms with Gasteiger partial charge in [0.05, 0.1) is 11.6 Å². The fourth-order valence-electron chi connectivity index (χ4n) is 2.57. The second-order valence-electron chi connectivity index (χ2n) is 5.39. The molecule has 116 valence electrons. The molecular formula is C14H21N3O3S. The lowest BCUT2D eigenvalue weighted by molar-refractivity contribution is -0.137. The van der Waals surface area contributed by atoms with E-state index in [0.717, 1.165) is 29.3 Å². The Morgan fingerprint density at radius 2 is 2.38 bits per heavy atom. The van der Waals surface area contributed by atoms with Gasteiger partial charge in [-0.25, -0.2) is 9.78 Å². The van der Waals surface area contributed by atoms with Crippen LogP contribution in [0.1, 0.15) is 35.6 Å². The van der Waals surface area contributed by atoms with Crippen LogP contribution in [0.15, 0.2) is 6.20 Å². The highest BCUT2D eigenvalue weighted by molar-refractivity contribution is 7.11. The van der Waals surface area contributed by atoms with E-state index in [4.69, 9.17) is 5.11 Å². The lowest BCUT2D eigenvalue weighted by atomic mass is 9.93. The van der Waals surface area contributed by atoms with Crippen molar-refractivity contribution in [2.75, 3.05) is 13.1 Å². The summed E-state index contributed by atoms with van der Waals surface area (Å²) in [7, 11) is 0. The fourth-order valence-corrected chi connectivity index (χ4v) is 3.31. The standard InChI is InChI=1S/C14H21N3O3S/c1-10-15-7-12(21-10)8-16-14(20)17-6-2-3-11(9-17)4-5-13(18)19/h7,11H,2-6,8-9H2,1H3,(H,16,20)(H,18,19). The maximum absolute atomic E-state index is 12.1. The molecule has 1 fully saturated rings. The first-order valence-electron chi connectivity index (χ1n) is 7.20. The van der Waals surface area contributed by atoms with Crippen molar-refractivity contribution in [2.24, 2.45) is 5.92 Å². The number of carbonyl (C=O) groups excluding carboxylic acids is 1. The van der Waals surface area contributed by atoms with E-state index < -0.39 is 5.97 Å². The van der Waals surface area contributed by atoms with Crippen LogP contribution in [-0.4, -0.2) is 40.1 Å². The lowest BCUT2D eigenvalue weighted by Gasteiger charge is -2.32. The molecule has 1 atom stereocenters. The first-order chi connectivity index (χ1) is 10.0. The third-order valence-corrected chi connectivity index (χ3v) is 4.57.